The van der Waals surface area contributed by atoms with E-state index in [9.17, 15) is 14.7 Å². The molecule has 0 aliphatic carbocycles. The maximum Gasteiger partial charge on any atom is 0.240 e. The molecule has 0 saturated heterocycles. The van der Waals surface area contributed by atoms with Gasteiger partial charge in [-0.25, -0.2) is 0 Å². The number of phenolic OH excluding ortho intramolecular Hbond substituents is 1. The predicted molar refractivity (Wildman–Crippen MR) is 99.3 cm³/mol. The number of benzene rings is 1. The lowest BCUT2D eigenvalue weighted by Crippen LogP contribution is -2.54. The Bertz CT molecular complexity index is 593. The van der Waals surface area contributed by atoms with Crippen LogP contribution in [0, 0.1) is 19.8 Å². The van der Waals surface area contributed by atoms with Gasteiger partial charge in [0.25, 0.3) is 0 Å². The second-order valence-electron chi connectivity index (χ2n) is 6.76. The fourth-order valence-corrected chi connectivity index (χ4v) is 3.19. The smallest absolute Gasteiger partial charge is 0.240 e. The van der Waals surface area contributed by atoms with E-state index in [1.807, 2.05) is 27.7 Å². The molecule has 5 N–H and O–H groups in total. The summed E-state index contributed by atoms with van der Waals surface area (Å²) in [6.07, 6.45) is 2.20. The topological polar surface area (TPSA) is 104 Å². The molecule has 0 aromatic heterocycles. The molecule has 25 heavy (non-hydrogen) atoms. The summed E-state index contributed by atoms with van der Waals surface area (Å²) in [5.41, 5.74) is 8.33. The third-order valence-electron chi connectivity index (χ3n) is 4.67. The highest BCUT2D eigenvalue weighted by atomic mass is 16.3. The van der Waals surface area contributed by atoms with Gasteiger partial charge in [-0.3, -0.25) is 9.59 Å². The van der Waals surface area contributed by atoms with E-state index in [4.69, 9.17) is 5.73 Å². The molecule has 1 aromatic rings. The van der Waals surface area contributed by atoms with Crippen LogP contribution in [-0.4, -0.2) is 36.1 Å². The third-order valence-corrected chi connectivity index (χ3v) is 4.67. The number of aryl methyl sites for hydroxylation is 2. The van der Waals surface area contributed by atoms with Crippen LogP contribution < -0.4 is 16.4 Å². The highest BCUT2D eigenvalue weighted by Crippen LogP contribution is 2.22. The summed E-state index contributed by atoms with van der Waals surface area (Å²) in [5.74, 6) is -0.560. The Balaban J connectivity index is 2.92. The van der Waals surface area contributed by atoms with Crippen molar-refractivity contribution >= 4 is 11.8 Å². The maximum absolute atomic E-state index is 12.7. The van der Waals surface area contributed by atoms with E-state index in [-0.39, 0.29) is 17.6 Å². The number of hydrogen-bond acceptors (Lipinski definition) is 4. The van der Waals surface area contributed by atoms with Gasteiger partial charge in [-0.15, -0.1) is 0 Å². The summed E-state index contributed by atoms with van der Waals surface area (Å²) in [4.78, 5) is 24.4. The Hall–Kier alpha value is -2.08. The van der Waals surface area contributed by atoms with Gasteiger partial charge in [0.1, 0.15) is 11.8 Å². The van der Waals surface area contributed by atoms with Gasteiger partial charge in [-0.2, -0.15) is 0 Å². The van der Waals surface area contributed by atoms with Crippen LogP contribution in [0.15, 0.2) is 12.1 Å². The Kier molecular flexibility index (Phi) is 7.90. The fraction of sp³-hybridized carbons (Fsp3) is 0.579. The number of likely N-dealkylation sites (N-methyl/N-ethyl adjacent to an activating group) is 1. The molecule has 6 nitrogen and oxygen atoms in total. The van der Waals surface area contributed by atoms with Gasteiger partial charge in [0.05, 0.1) is 6.04 Å². The van der Waals surface area contributed by atoms with Crippen LogP contribution in [-0.2, 0) is 16.0 Å². The molecule has 2 amide bonds. The van der Waals surface area contributed by atoms with Crippen molar-refractivity contribution in [2.75, 3.05) is 7.05 Å². The highest BCUT2D eigenvalue weighted by molar-refractivity contribution is 5.89. The Labute approximate surface area is 150 Å². The van der Waals surface area contributed by atoms with E-state index in [0.717, 1.165) is 29.5 Å². The van der Waals surface area contributed by atoms with Crippen LogP contribution >= 0.6 is 0 Å². The van der Waals surface area contributed by atoms with Crippen molar-refractivity contribution in [2.45, 2.75) is 59.0 Å². The molecule has 0 fully saturated rings. The molecule has 1 rings (SSSR count). The van der Waals surface area contributed by atoms with E-state index in [2.05, 4.69) is 10.6 Å². The number of carbonyl (C=O) groups is 2. The molecule has 0 saturated carbocycles. The van der Waals surface area contributed by atoms with E-state index in [1.165, 1.54) is 0 Å². The van der Waals surface area contributed by atoms with Crippen LogP contribution in [0.3, 0.4) is 0 Å². The quantitative estimate of drug-likeness (QED) is 0.543. The number of rotatable bonds is 9. The van der Waals surface area contributed by atoms with E-state index >= 15 is 0 Å². The number of hydrogen-bond donors (Lipinski definition) is 4. The Morgan fingerprint density at radius 3 is 2.24 bits per heavy atom. The predicted octanol–water partition coefficient (Wildman–Crippen LogP) is 1.55. The van der Waals surface area contributed by atoms with Crippen molar-refractivity contribution in [1.29, 1.82) is 0 Å². The summed E-state index contributed by atoms with van der Waals surface area (Å²) in [5, 5.41) is 15.5. The summed E-state index contributed by atoms with van der Waals surface area (Å²) in [6, 6.07) is 2.20. The lowest BCUT2D eigenvalue weighted by molar-refractivity contribution is -0.129. The first-order valence-corrected chi connectivity index (χ1v) is 8.77. The normalized spacial score (nSPS) is 14.6. The first kappa shape index (κ1) is 21.0. The Morgan fingerprint density at radius 1 is 1.24 bits per heavy atom. The van der Waals surface area contributed by atoms with Crippen molar-refractivity contribution in [3.8, 4) is 5.75 Å². The second kappa shape index (κ2) is 9.42. The van der Waals surface area contributed by atoms with E-state index < -0.39 is 18.0 Å². The summed E-state index contributed by atoms with van der Waals surface area (Å²) < 4.78 is 0. The Morgan fingerprint density at radius 2 is 1.80 bits per heavy atom. The molecule has 140 valence electrons. The van der Waals surface area contributed by atoms with Crippen molar-refractivity contribution in [3.05, 3.63) is 28.8 Å². The molecular weight excluding hydrogens is 318 g/mol. The summed E-state index contributed by atoms with van der Waals surface area (Å²) in [6.45, 7) is 7.76. The van der Waals surface area contributed by atoms with Crippen LogP contribution in [0.1, 0.15) is 43.4 Å². The van der Waals surface area contributed by atoms with Crippen LogP contribution in [0.5, 0.6) is 5.75 Å². The number of aromatic hydroxyl groups is 1. The minimum atomic E-state index is -0.676. The molecule has 1 aromatic carbocycles. The lowest BCUT2D eigenvalue weighted by Gasteiger charge is -2.25. The van der Waals surface area contributed by atoms with Gasteiger partial charge in [0.15, 0.2) is 0 Å². The average molecular weight is 349 g/mol. The van der Waals surface area contributed by atoms with Crippen molar-refractivity contribution in [1.82, 2.24) is 10.6 Å². The van der Waals surface area contributed by atoms with Gasteiger partial charge in [-0.1, -0.05) is 20.3 Å². The number of nitrogens with two attached hydrogens (primary N) is 1. The zero-order valence-corrected chi connectivity index (χ0v) is 15.8. The molecular formula is C19H31N3O3. The average Bonchev–Trinajstić information content (AvgIpc) is 2.51. The fourth-order valence-electron chi connectivity index (χ4n) is 3.19. The van der Waals surface area contributed by atoms with Gasteiger partial charge >= 0.3 is 0 Å². The molecule has 0 aliphatic heterocycles. The van der Waals surface area contributed by atoms with Gasteiger partial charge in [0.2, 0.25) is 11.8 Å². The first-order valence-electron chi connectivity index (χ1n) is 8.77. The molecule has 0 spiro atoms. The minimum absolute atomic E-state index is 0.0129. The number of phenols is 1. The van der Waals surface area contributed by atoms with Crippen molar-refractivity contribution in [2.24, 2.45) is 11.7 Å². The number of amides is 2. The maximum atomic E-state index is 12.7. The molecule has 0 unspecified atom stereocenters. The molecule has 6 heteroatoms. The van der Waals surface area contributed by atoms with Crippen molar-refractivity contribution < 1.29 is 14.7 Å². The lowest BCUT2D eigenvalue weighted by atomic mass is 9.94. The van der Waals surface area contributed by atoms with Crippen LogP contribution in [0.2, 0.25) is 0 Å². The zero-order valence-electron chi connectivity index (χ0n) is 15.8. The minimum Gasteiger partial charge on any atom is -0.508 e. The molecule has 3 atom stereocenters. The van der Waals surface area contributed by atoms with Gasteiger partial charge < -0.3 is 21.5 Å². The van der Waals surface area contributed by atoms with Crippen molar-refractivity contribution in [3.63, 3.8) is 0 Å². The number of nitrogens with one attached hydrogen (secondary N) is 2. The second-order valence-corrected chi connectivity index (χ2v) is 6.76. The molecule has 0 aliphatic rings. The highest BCUT2D eigenvalue weighted by Gasteiger charge is 2.27. The molecule has 0 radical (unpaired) electrons. The van der Waals surface area contributed by atoms with E-state index in [0.29, 0.717) is 6.42 Å². The monoisotopic (exact) mass is 349 g/mol. The first-order chi connectivity index (χ1) is 11.7. The third kappa shape index (κ3) is 5.74. The number of primary amides is 1. The van der Waals surface area contributed by atoms with Gasteiger partial charge in [0, 0.05) is 0 Å². The van der Waals surface area contributed by atoms with Crippen LogP contribution in [0.25, 0.3) is 0 Å². The summed E-state index contributed by atoms with van der Waals surface area (Å²) >= 11 is 0. The van der Waals surface area contributed by atoms with Crippen LogP contribution in [0.4, 0.5) is 0 Å². The molecule has 0 heterocycles. The standard InChI is InChI=1S/C19H31N3O3/c1-6-7-11(2)17(18(20)24)22-19(25)16(21-5)10-15-12(3)8-14(23)9-13(15)4/h8-9,11,16-17,21,23H,6-7,10H2,1-5H3,(H2,20,24)(H,22,25)/t11-,16+,17-/m1/s1. The van der Waals surface area contributed by atoms with Gasteiger partial charge in [-0.05, 0) is 68.5 Å². The zero-order chi connectivity index (χ0) is 19.1. The van der Waals surface area contributed by atoms with E-state index in [1.54, 1.807) is 19.2 Å². The summed E-state index contributed by atoms with van der Waals surface area (Å²) in [7, 11) is 1.71. The molecule has 0 bridgehead atoms. The largest absolute Gasteiger partial charge is 0.508 e. The SMILES string of the molecule is CCC[C@@H](C)[C@@H](NC(=O)[C@H](Cc1c(C)cc(O)cc1C)NC)C(N)=O. The number of carbonyl (C=O) groups excluding carboxylic acids is 2.